The highest BCUT2D eigenvalue weighted by molar-refractivity contribution is 5.14. The van der Waals surface area contributed by atoms with Gasteiger partial charge in [-0.1, -0.05) is 30.3 Å². The zero-order valence-electron chi connectivity index (χ0n) is 14.7. The summed E-state index contributed by atoms with van der Waals surface area (Å²) in [6, 6.07) is 10.9. The predicted octanol–water partition coefficient (Wildman–Crippen LogP) is 2.74. The molecule has 3 aliphatic heterocycles. The summed E-state index contributed by atoms with van der Waals surface area (Å²) in [5.74, 6) is 0. The second-order valence-corrected chi connectivity index (χ2v) is 7.81. The molecule has 3 saturated heterocycles. The van der Waals surface area contributed by atoms with Crippen LogP contribution in [-0.2, 0) is 16.0 Å². The Kier molecular flexibility index (Phi) is 5.18. The smallest absolute Gasteiger partial charge is 0.170 e. The zero-order chi connectivity index (χ0) is 16.2. The molecule has 0 radical (unpaired) electrons. The summed E-state index contributed by atoms with van der Waals surface area (Å²) in [4.78, 5) is 5.26. The minimum Gasteiger partial charge on any atom is -0.349 e. The van der Waals surface area contributed by atoms with E-state index in [2.05, 4.69) is 40.1 Å². The molecule has 132 valence electrons. The molecule has 0 N–H and O–H groups in total. The van der Waals surface area contributed by atoms with Gasteiger partial charge in [-0.3, -0.25) is 9.80 Å². The molecule has 4 nitrogen and oxygen atoms in total. The Morgan fingerprint density at radius 1 is 0.917 bits per heavy atom. The SMILES string of the molecule is c1ccc(CN2CCCC3(CCCN(CC4OCCO4)C3)C2)cc1. The van der Waals surface area contributed by atoms with Crippen molar-refractivity contribution in [1.29, 1.82) is 0 Å². The Hall–Kier alpha value is -0.940. The topological polar surface area (TPSA) is 24.9 Å². The van der Waals surface area contributed by atoms with E-state index in [9.17, 15) is 0 Å². The highest BCUT2D eigenvalue weighted by Gasteiger charge is 2.39. The molecule has 3 fully saturated rings. The maximum atomic E-state index is 5.66. The van der Waals surface area contributed by atoms with Crippen LogP contribution in [-0.4, -0.2) is 62.0 Å². The Labute approximate surface area is 145 Å². The highest BCUT2D eigenvalue weighted by atomic mass is 16.7. The molecule has 0 aromatic heterocycles. The monoisotopic (exact) mass is 330 g/mol. The van der Waals surface area contributed by atoms with Gasteiger partial charge in [0, 0.05) is 26.2 Å². The number of hydrogen-bond acceptors (Lipinski definition) is 4. The number of likely N-dealkylation sites (tertiary alicyclic amines) is 2. The number of rotatable bonds is 4. The first-order valence-corrected chi connectivity index (χ1v) is 9.53. The largest absolute Gasteiger partial charge is 0.349 e. The van der Waals surface area contributed by atoms with Crippen LogP contribution < -0.4 is 0 Å². The van der Waals surface area contributed by atoms with E-state index < -0.39 is 0 Å². The normalized spacial score (nSPS) is 30.2. The molecule has 1 aromatic carbocycles. The molecule has 3 aliphatic rings. The van der Waals surface area contributed by atoms with Crippen molar-refractivity contribution in [2.75, 3.05) is 45.9 Å². The van der Waals surface area contributed by atoms with Crippen LogP contribution in [0.2, 0.25) is 0 Å². The molecule has 1 aromatic rings. The number of benzene rings is 1. The van der Waals surface area contributed by atoms with Crippen molar-refractivity contribution in [3.8, 4) is 0 Å². The summed E-state index contributed by atoms with van der Waals surface area (Å²) in [6.07, 6.45) is 5.40. The third kappa shape index (κ3) is 3.99. The average molecular weight is 330 g/mol. The van der Waals surface area contributed by atoms with Crippen LogP contribution in [0.4, 0.5) is 0 Å². The number of ether oxygens (including phenoxy) is 2. The molecule has 24 heavy (non-hydrogen) atoms. The van der Waals surface area contributed by atoms with Crippen molar-refractivity contribution in [1.82, 2.24) is 9.80 Å². The fourth-order valence-electron chi connectivity index (χ4n) is 4.81. The summed E-state index contributed by atoms with van der Waals surface area (Å²) >= 11 is 0. The van der Waals surface area contributed by atoms with Crippen LogP contribution in [0, 0.1) is 5.41 Å². The van der Waals surface area contributed by atoms with E-state index in [1.54, 1.807) is 0 Å². The van der Waals surface area contributed by atoms with Gasteiger partial charge < -0.3 is 9.47 Å². The first-order valence-electron chi connectivity index (χ1n) is 9.53. The lowest BCUT2D eigenvalue weighted by Crippen LogP contribution is -2.53. The van der Waals surface area contributed by atoms with Crippen LogP contribution >= 0.6 is 0 Å². The second kappa shape index (κ2) is 7.52. The molecule has 1 unspecified atom stereocenters. The molecule has 0 amide bonds. The maximum absolute atomic E-state index is 5.66. The van der Waals surface area contributed by atoms with Gasteiger partial charge in [-0.25, -0.2) is 0 Å². The van der Waals surface area contributed by atoms with E-state index in [1.165, 1.54) is 57.4 Å². The zero-order valence-corrected chi connectivity index (χ0v) is 14.7. The lowest BCUT2D eigenvalue weighted by Gasteiger charge is -2.49. The summed E-state index contributed by atoms with van der Waals surface area (Å²) in [6.45, 7) is 8.45. The van der Waals surface area contributed by atoms with Gasteiger partial charge in [-0.15, -0.1) is 0 Å². The molecular weight excluding hydrogens is 300 g/mol. The van der Waals surface area contributed by atoms with Crippen LogP contribution in [0.5, 0.6) is 0 Å². The van der Waals surface area contributed by atoms with E-state index in [4.69, 9.17) is 9.47 Å². The van der Waals surface area contributed by atoms with Gasteiger partial charge >= 0.3 is 0 Å². The molecule has 1 spiro atoms. The van der Waals surface area contributed by atoms with E-state index in [0.29, 0.717) is 5.41 Å². The van der Waals surface area contributed by atoms with E-state index >= 15 is 0 Å². The van der Waals surface area contributed by atoms with Gasteiger partial charge in [0.15, 0.2) is 6.29 Å². The van der Waals surface area contributed by atoms with Gasteiger partial charge in [0.1, 0.15) is 0 Å². The van der Waals surface area contributed by atoms with E-state index in [-0.39, 0.29) is 6.29 Å². The van der Waals surface area contributed by atoms with Gasteiger partial charge in [-0.2, -0.15) is 0 Å². The van der Waals surface area contributed by atoms with Gasteiger partial charge in [0.05, 0.1) is 13.2 Å². The minimum atomic E-state index is 0.00385. The van der Waals surface area contributed by atoms with Crippen LogP contribution in [0.1, 0.15) is 31.2 Å². The summed E-state index contributed by atoms with van der Waals surface area (Å²) < 4.78 is 11.3. The predicted molar refractivity (Wildman–Crippen MR) is 94.8 cm³/mol. The molecular formula is C20H30N2O2. The van der Waals surface area contributed by atoms with E-state index in [0.717, 1.165) is 26.3 Å². The fourth-order valence-corrected chi connectivity index (χ4v) is 4.81. The molecule has 0 saturated carbocycles. The Balaban J connectivity index is 1.36. The molecule has 0 bridgehead atoms. The van der Waals surface area contributed by atoms with Gasteiger partial charge in [-0.05, 0) is 49.8 Å². The molecule has 3 heterocycles. The van der Waals surface area contributed by atoms with Crippen molar-refractivity contribution in [2.45, 2.75) is 38.5 Å². The van der Waals surface area contributed by atoms with Crippen molar-refractivity contribution in [3.63, 3.8) is 0 Å². The van der Waals surface area contributed by atoms with Gasteiger partial charge in [0.2, 0.25) is 0 Å². The molecule has 4 heteroatoms. The average Bonchev–Trinajstić information content (AvgIpc) is 3.09. The van der Waals surface area contributed by atoms with Crippen molar-refractivity contribution < 1.29 is 9.47 Å². The first kappa shape index (κ1) is 16.5. The van der Waals surface area contributed by atoms with Crippen LogP contribution in [0.3, 0.4) is 0 Å². The van der Waals surface area contributed by atoms with Crippen molar-refractivity contribution in [2.24, 2.45) is 5.41 Å². The minimum absolute atomic E-state index is 0.00385. The molecule has 0 aliphatic carbocycles. The van der Waals surface area contributed by atoms with Crippen LogP contribution in [0.25, 0.3) is 0 Å². The van der Waals surface area contributed by atoms with Gasteiger partial charge in [0.25, 0.3) is 0 Å². The Morgan fingerprint density at radius 2 is 1.58 bits per heavy atom. The van der Waals surface area contributed by atoms with E-state index in [1.807, 2.05) is 0 Å². The first-order chi connectivity index (χ1) is 11.8. The third-order valence-corrected chi connectivity index (χ3v) is 5.83. The van der Waals surface area contributed by atoms with Crippen molar-refractivity contribution in [3.05, 3.63) is 35.9 Å². The fraction of sp³-hybridized carbons (Fsp3) is 0.700. The standard InChI is InChI=1S/C20H30N2O2/c1-2-6-18(7-3-1)14-21-10-4-8-20(16-21)9-5-11-22(17-20)15-19-23-12-13-24-19/h1-3,6-7,19H,4-5,8-17H2. The van der Waals surface area contributed by atoms with Crippen LogP contribution in [0.15, 0.2) is 30.3 Å². The summed E-state index contributed by atoms with van der Waals surface area (Å²) in [5.41, 5.74) is 1.92. The number of nitrogens with zero attached hydrogens (tertiary/aromatic N) is 2. The molecule has 4 rings (SSSR count). The Bertz CT molecular complexity index is 514. The van der Waals surface area contributed by atoms with Crippen molar-refractivity contribution >= 4 is 0 Å². The second-order valence-electron chi connectivity index (χ2n) is 7.81. The summed E-state index contributed by atoms with van der Waals surface area (Å²) in [7, 11) is 0. The summed E-state index contributed by atoms with van der Waals surface area (Å²) in [5, 5.41) is 0. The molecule has 1 atom stereocenters. The highest BCUT2D eigenvalue weighted by Crippen LogP contribution is 2.39. The lowest BCUT2D eigenvalue weighted by atomic mass is 9.73. The number of piperidine rings is 2. The lowest BCUT2D eigenvalue weighted by molar-refractivity contribution is -0.0800. The number of hydrogen-bond donors (Lipinski definition) is 0. The maximum Gasteiger partial charge on any atom is 0.170 e. The Morgan fingerprint density at radius 3 is 2.33 bits per heavy atom. The quantitative estimate of drug-likeness (QED) is 0.847. The third-order valence-electron chi connectivity index (χ3n) is 5.83.